The molecule has 0 unspecified atom stereocenters. The highest BCUT2D eigenvalue weighted by molar-refractivity contribution is 6.30. The van der Waals surface area contributed by atoms with Crippen LogP contribution >= 0.6 is 11.6 Å². The Kier molecular flexibility index (Phi) is 6.74. The Labute approximate surface area is 190 Å². The van der Waals surface area contributed by atoms with Crippen LogP contribution < -0.4 is 20.8 Å². The summed E-state index contributed by atoms with van der Waals surface area (Å²) in [4.78, 5) is 13.3. The first-order chi connectivity index (χ1) is 15.7. The van der Waals surface area contributed by atoms with E-state index in [1.165, 1.54) is 0 Å². The maximum atomic E-state index is 6.02. The fraction of sp³-hybridized carbons (Fsp3) is 0.0435. The molecule has 9 heteroatoms. The number of para-hydroxylation sites is 1. The number of methoxy groups -OCH3 is 1. The van der Waals surface area contributed by atoms with Crippen molar-refractivity contribution in [3.63, 3.8) is 0 Å². The second-order valence-electron chi connectivity index (χ2n) is 6.58. The van der Waals surface area contributed by atoms with Crippen LogP contribution in [0.1, 0.15) is 5.56 Å². The summed E-state index contributed by atoms with van der Waals surface area (Å²) in [5.41, 5.74) is 5.34. The van der Waals surface area contributed by atoms with Crippen molar-refractivity contribution in [1.82, 2.24) is 15.0 Å². The number of nitrogens with one attached hydrogen (secondary N) is 3. The van der Waals surface area contributed by atoms with Crippen molar-refractivity contribution in [2.75, 3.05) is 23.2 Å². The van der Waals surface area contributed by atoms with Gasteiger partial charge in [0.15, 0.2) is 0 Å². The topological polar surface area (TPSA) is 96.4 Å². The molecule has 0 bridgehead atoms. The molecule has 0 spiro atoms. The minimum absolute atomic E-state index is 0.271. The van der Waals surface area contributed by atoms with Crippen LogP contribution in [0.2, 0.25) is 5.02 Å². The molecule has 0 saturated heterocycles. The van der Waals surface area contributed by atoms with Crippen molar-refractivity contribution in [3.05, 3.63) is 89.4 Å². The number of aromatic nitrogens is 3. The molecule has 0 amide bonds. The van der Waals surface area contributed by atoms with Gasteiger partial charge in [0, 0.05) is 16.4 Å². The predicted octanol–water partition coefficient (Wildman–Crippen LogP) is 5.47. The van der Waals surface area contributed by atoms with Crippen LogP contribution in [0.15, 0.2) is 84.0 Å². The number of anilines is 5. The molecule has 0 saturated carbocycles. The molecule has 3 aromatic carbocycles. The van der Waals surface area contributed by atoms with Crippen LogP contribution in [0.25, 0.3) is 0 Å². The van der Waals surface area contributed by atoms with Crippen molar-refractivity contribution in [3.8, 4) is 5.75 Å². The van der Waals surface area contributed by atoms with E-state index in [4.69, 9.17) is 16.3 Å². The fourth-order valence-corrected chi connectivity index (χ4v) is 2.94. The van der Waals surface area contributed by atoms with Gasteiger partial charge in [-0.25, -0.2) is 5.43 Å². The molecule has 1 heterocycles. The van der Waals surface area contributed by atoms with Crippen LogP contribution in [0.4, 0.5) is 29.2 Å². The highest BCUT2D eigenvalue weighted by Crippen LogP contribution is 2.20. The summed E-state index contributed by atoms with van der Waals surface area (Å²) in [5, 5.41) is 11.2. The lowest BCUT2D eigenvalue weighted by Gasteiger charge is -2.10. The van der Waals surface area contributed by atoms with Crippen molar-refractivity contribution in [2.45, 2.75) is 0 Å². The number of hydrogen-bond donors (Lipinski definition) is 3. The number of benzene rings is 3. The Morgan fingerprint density at radius 2 is 1.44 bits per heavy atom. The van der Waals surface area contributed by atoms with Crippen molar-refractivity contribution in [2.24, 2.45) is 5.10 Å². The number of halogens is 1. The van der Waals surface area contributed by atoms with E-state index in [2.05, 4.69) is 36.1 Å². The highest BCUT2D eigenvalue weighted by Gasteiger charge is 2.08. The molecular formula is C23H20ClN7O. The molecule has 4 aromatic rings. The molecule has 3 N–H and O–H groups in total. The minimum Gasteiger partial charge on any atom is -0.497 e. The quantitative estimate of drug-likeness (QED) is 0.244. The van der Waals surface area contributed by atoms with Crippen LogP contribution in [-0.4, -0.2) is 28.3 Å². The Hall–Kier alpha value is -4.17. The van der Waals surface area contributed by atoms with Crippen molar-refractivity contribution in [1.29, 1.82) is 0 Å². The van der Waals surface area contributed by atoms with Gasteiger partial charge in [0.2, 0.25) is 17.8 Å². The lowest BCUT2D eigenvalue weighted by Crippen LogP contribution is -2.07. The van der Waals surface area contributed by atoms with Crippen molar-refractivity contribution < 1.29 is 4.74 Å². The molecule has 0 aliphatic rings. The summed E-state index contributed by atoms with van der Waals surface area (Å²) in [5.74, 6) is 1.75. The van der Waals surface area contributed by atoms with Gasteiger partial charge in [-0.2, -0.15) is 20.1 Å². The first-order valence-corrected chi connectivity index (χ1v) is 10.1. The lowest BCUT2D eigenvalue weighted by atomic mass is 10.2. The summed E-state index contributed by atoms with van der Waals surface area (Å²) >= 11 is 6.02. The van der Waals surface area contributed by atoms with Gasteiger partial charge in [0.1, 0.15) is 5.75 Å². The van der Waals surface area contributed by atoms with Crippen molar-refractivity contribution >= 4 is 47.0 Å². The number of nitrogens with zero attached hydrogens (tertiary/aromatic N) is 4. The molecule has 0 aliphatic heterocycles. The zero-order chi connectivity index (χ0) is 22.2. The molecule has 1 aromatic heterocycles. The second kappa shape index (κ2) is 10.2. The lowest BCUT2D eigenvalue weighted by molar-refractivity contribution is 0.415. The number of rotatable bonds is 8. The molecule has 32 heavy (non-hydrogen) atoms. The Morgan fingerprint density at radius 1 is 0.781 bits per heavy atom. The summed E-state index contributed by atoms with van der Waals surface area (Å²) in [7, 11) is 1.62. The third-order valence-electron chi connectivity index (χ3n) is 4.24. The van der Waals surface area contributed by atoms with E-state index in [1.807, 2.05) is 66.7 Å². The smallest absolute Gasteiger partial charge is 0.250 e. The summed E-state index contributed by atoms with van der Waals surface area (Å²) in [6, 6.07) is 24.4. The first kappa shape index (κ1) is 21.1. The maximum Gasteiger partial charge on any atom is 0.250 e. The standard InChI is InChI=1S/C23H20ClN7O/c1-32-20-12-10-19(11-13-20)27-22-28-21(26-18-8-3-2-4-9-18)29-23(30-22)31-25-15-16-6-5-7-17(24)14-16/h2-15H,1H3,(H3,26,27,28,29,30,31)/b25-15-. The SMILES string of the molecule is COc1ccc(Nc2nc(N/N=C\c3cccc(Cl)c3)nc(Nc3ccccc3)n2)cc1. The Bertz CT molecular complexity index is 1200. The molecule has 4 rings (SSSR count). The van der Waals surface area contributed by atoms with Gasteiger partial charge in [-0.15, -0.1) is 0 Å². The molecule has 0 aliphatic carbocycles. The first-order valence-electron chi connectivity index (χ1n) is 9.72. The van der Waals surface area contributed by atoms with Crippen LogP contribution in [-0.2, 0) is 0 Å². The van der Waals surface area contributed by atoms with Gasteiger partial charge >= 0.3 is 0 Å². The average molecular weight is 446 g/mol. The minimum atomic E-state index is 0.271. The van der Waals surface area contributed by atoms with E-state index in [1.54, 1.807) is 25.5 Å². The van der Waals surface area contributed by atoms with E-state index < -0.39 is 0 Å². The molecule has 0 radical (unpaired) electrons. The van der Waals surface area contributed by atoms with E-state index in [0.29, 0.717) is 16.9 Å². The van der Waals surface area contributed by atoms with Gasteiger partial charge in [0.25, 0.3) is 0 Å². The molecule has 0 fully saturated rings. The molecule has 8 nitrogen and oxygen atoms in total. The van der Waals surface area contributed by atoms with E-state index in [9.17, 15) is 0 Å². The molecular weight excluding hydrogens is 426 g/mol. The normalized spacial score (nSPS) is 10.7. The summed E-state index contributed by atoms with van der Waals surface area (Å²) < 4.78 is 5.20. The Balaban J connectivity index is 1.57. The number of hydrogen-bond acceptors (Lipinski definition) is 8. The van der Waals surface area contributed by atoms with Crippen LogP contribution in [0.3, 0.4) is 0 Å². The van der Waals surface area contributed by atoms with Gasteiger partial charge in [0.05, 0.1) is 13.3 Å². The molecule has 160 valence electrons. The van der Waals surface area contributed by atoms with E-state index in [-0.39, 0.29) is 5.95 Å². The van der Waals surface area contributed by atoms with Gasteiger partial charge < -0.3 is 15.4 Å². The zero-order valence-electron chi connectivity index (χ0n) is 17.2. The summed E-state index contributed by atoms with van der Waals surface area (Å²) in [6.45, 7) is 0. The average Bonchev–Trinajstić information content (AvgIpc) is 2.80. The second-order valence-corrected chi connectivity index (χ2v) is 7.01. The van der Waals surface area contributed by atoms with Gasteiger partial charge in [-0.3, -0.25) is 0 Å². The Morgan fingerprint density at radius 3 is 2.09 bits per heavy atom. The predicted molar refractivity (Wildman–Crippen MR) is 128 cm³/mol. The third-order valence-corrected chi connectivity index (χ3v) is 4.47. The van der Waals surface area contributed by atoms with Crippen LogP contribution in [0, 0.1) is 0 Å². The number of hydrazone groups is 1. The highest BCUT2D eigenvalue weighted by atomic mass is 35.5. The largest absolute Gasteiger partial charge is 0.497 e. The monoisotopic (exact) mass is 445 g/mol. The maximum absolute atomic E-state index is 6.02. The zero-order valence-corrected chi connectivity index (χ0v) is 17.9. The summed E-state index contributed by atoms with van der Waals surface area (Å²) in [6.07, 6.45) is 1.64. The van der Waals surface area contributed by atoms with E-state index in [0.717, 1.165) is 22.7 Å². The third kappa shape index (κ3) is 5.93. The van der Waals surface area contributed by atoms with E-state index >= 15 is 0 Å². The molecule has 0 atom stereocenters. The van der Waals surface area contributed by atoms with Gasteiger partial charge in [-0.1, -0.05) is 41.9 Å². The van der Waals surface area contributed by atoms with Gasteiger partial charge in [-0.05, 0) is 54.1 Å². The van der Waals surface area contributed by atoms with Crippen LogP contribution in [0.5, 0.6) is 5.75 Å². The fourth-order valence-electron chi connectivity index (χ4n) is 2.74. The number of ether oxygens (including phenoxy) is 1.